The van der Waals surface area contributed by atoms with Crippen molar-refractivity contribution in [3.8, 4) is 11.5 Å². The second-order valence-corrected chi connectivity index (χ2v) is 3.12. The molecule has 0 fully saturated rings. The minimum absolute atomic E-state index is 0.0152. The highest BCUT2D eigenvalue weighted by Crippen LogP contribution is 2.33. The van der Waals surface area contributed by atoms with Crippen LogP contribution in [0.2, 0.25) is 0 Å². The fourth-order valence-electron chi connectivity index (χ4n) is 1.21. The zero-order valence-corrected chi connectivity index (χ0v) is 9.38. The van der Waals surface area contributed by atoms with E-state index in [0.29, 0.717) is 11.4 Å². The number of benzene rings is 1. The van der Waals surface area contributed by atoms with Gasteiger partial charge in [0, 0.05) is 11.4 Å². The van der Waals surface area contributed by atoms with E-state index in [9.17, 15) is 8.78 Å². The Morgan fingerprint density at radius 2 is 2.19 bits per heavy atom. The number of para-hydroxylation sites is 1. The molecule has 0 aliphatic carbocycles. The predicted octanol–water partition coefficient (Wildman–Crippen LogP) is 3.55. The van der Waals surface area contributed by atoms with Crippen LogP contribution in [0.25, 0.3) is 6.08 Å². The minimum atomic E-state index is -2.89. The van der Waals surface area contributed by atoms with Crippen molar-refractivity contribution < 1.29 is 18.3 Å². The molecule has 16 heavy (non-hydrogen) atoms. The Kier molecular flexibility index (Phi) is 5.05. The molecule has 0 atom stereocenters. The molecule has 0 bridgehead atoms. The van der Waals surface area contributed by atoms with Gasteiger partial charge in [-0.15, -0.1) is 11.6 Å². The highest BCUT2D eigenvalue weighted by atomic mass is 35.5. The molecule has 0 aromatic heterocycles. The molecule has 1 aromatic rings. The lowest BCUT2D eigenvalue weighted by Gasteiger charge is -2.12. The van der Waals surface area contributed by atoms with E-state index in [-0.39, 0.29) is 11.5 Å². The molecule has 0 unspecified atom stereocenters. The maximum Gasteiger partial charge on any atom is 0.387 e. The van der Waals surface area contributed by atoms with Gasteiger partial charge in [-0.1, -0.05) is 24.3 Å². The van der Waals surface area contributed by atoms with Crippen LogP contribution in [0.15, 0.2) is 24.3 Å². The molecule has 5 heteroatoms. The van der Waals surface area contributed by atoms with Crippen molar-refractivity contribution in [2.75, 3.05) is 13.0 Å². The molecular weight excluding hydrogens is 238 g/mol. The third kappa shape index (κ3) is 3.38. The van der Waals surface area contributed by atoms with Crippen LogP contribution in [0.4, 0.5) is 8.78 Å². The molecule has 0 radical (unpaired) electrons. The second kappa shape index (κ2) is 6.33. The van der Waals surface area contributed by atoms with Crippen LogP contribution in [0.1, 0.15) is 5.56 Å². The van der Waals surface area contributed by atoms with Crippen LogP contribution in [0.3, 0.4) is 0 Å². The van der Waals surface area contributed by atoms with Gasteiger partial charge in [-0.05, 0) is 6.07 Å². The van der Waals surface area contributed by atoms with Gasteiger partial charge in [0.25, 0.3) is 0 Å². The van der Waals surface area contributed by atoms with Gasteiger partial charge in [0.05, 0.1) is 7.11 Å². The molecule has 0 spiro atoms. The van der Waals surface area contributed by atoms with E-state index in [1.165, 1.54) is 7.11 Å². The lowest BCUT2D eigenvalue weighted by Crippen LogP contribution is -2.04. The van der Waals surface area contributed by atoms with Crippen molar-refractivity contribution in [2.45, 2.75) is 6.61 Å². The van der Waals surface area contributed by atoms with Crippen molar-refractivity contribution in [1.29, 1.82) is 0 Å². The fourth-order valence-corrected chi connectivity index (χ4v) is 1.30. The zero-order chi connectivity index (χ0) is 12.0. The lowest BCUT2D eigenvalue weighted by atomic mass is 10.1. The molecule has 0 N–H and O–H groups in total. The monoisotopic (exact) mass is 248 g/mol. The molecule has 0 heterocycles. The molecule has 0 amide bonds. The van der Waals surface area contributed by atoms with E-state index in [4.69, 9.17) is 16.3 Å². The number of allylic oxidation sites excluding steroid dienone is 1. The standard InChI is InChI=1S/C11H11ClF2O2/c1-15-9-6-2-4-8(5-3-7-12)10(9)16-11(13)14/h2-6,11H,7H2,1H3. The zero-order valence-electron chi connectivity index (χ0n) is 8.62. The average Bonchev–Trinajstić information content (AvgIpc) is 2.27. The van der Waals surface area contributed by atoms with Crippen molar-refractivity contribution in [1.82, 2.24) is 0 Å². The summed E-state index contributed by atoms with van der Waals surface area (Å²) in [7, 11) is 1.39. The maximum absolute atomic E-state index is 12.2. The second-order valence-electron chi connectivity index (χ2n) is 2.81. The Balaban J connectivity index is 3.09. The average molecular weight is 249 g/mol. The Bertz CT molecular complexity index is 367. The molecule has 0 aliphatic heterocycles. The molecule has 0 saturated heterocycles. The Labute approximate surface area is 97.4 Å². The quantitative estimate of drug-likeness (QED) is 0.742. The van der Waals surface area contributed by atoms with Gasteiger partial charge in [0.2, 0.25) is 0 Å². The summed E-state index contributed by atoms with van der Waals surface area (Å²) < 4.78 is 33.8. The first kappa shape index (κ1) is 12.8. The third-order valence-electron chi connectivity index (χ3n) is 1.82. The van der Waals surface area contributed by atoms with Crippen LogP contribution >= 0.6 is 11.6 Å². The molecule has 1 rings (SSSR count). The topological polar surface area (TPSA) is 18.5 Å². The van der Waals surface area contributed by atoms with Gasteiger partial charge < -0.3 is 9.47 Å². The smallest absolute Gasteiger partial charge is 0.387 e. The normalized spacial score (nSPS) is 11.1. The summed E-state index contributed by atoms with van der Waals surface area (Å²) in [5.41, 5.74) is 0.500. The number of hydrogen-bond donors (Lipinski definition) is 0. The van der Waals surface area contributed by atoms with Gasteiger partial charge in [-0.2, -0.15) is 8.78 Å². The minimum Gasteiger partial charge on any atom is -0.493 e. The summed E-state index contributed by atoms with van der Waals surface area (Å²) in [6.45, 7) is -2.89. The Hall–Kier alpha value is -1.29. The number of hydrogen-bond acceptors (Lipinski definition) is 2. The number of halogens is 3. The third-order valence-corrected chi connectivity index (χ3v) is 2.00. The van der Waals surface area contributed by atoms with Crippen LogP contribution in [-0.4, -0.2) is 19.6 Å². The first-order valence-corrected chi connectivity index (χ1v) is 5.06. The Morgan fingerprint density at radius 1 is 1.44 bits per heavy atom. The summed E-state index contributed by atoms with van der Waals surface area (Å²) in [6.07, 6.45) is 3.24. The first-order valence-electron chi connectivity index (χ1n) is 4.53. The van der Waals surface area contributed by atoms with Crippen molar-refractivity contribution in [3.05, 3.63) is 29.8 Å². The summed E-state index contributed by atoms with van der Waals surface area (Å²) in [5.74, 6) is 0.573. The first-order chi connectivity index (χ1) is 7.69. The van der Waals surface area contributed by atoms with Crippen molar-refractivity contribution in [2.24, 2.45) is 0 Å². The van der Waals surface area contributed by atoms with Crippen molar-refractivity contribution in [3.63, 3.8) is 0 Å². The SMILES string of the molecule is COc1cccc(C=CCCl)c1OC(F)F. The van der Waals surface area contributed by atoms with Crippen LogP contribution in [-0.2, 0) is 0 Å². The van der Waals surface area contributed by atoms with E-state index < -0.39 is 6.61 Å². The summed E-state index contributed by atoms with van der Waals surface area (Å²) >= 11 is 5.48. The highest BCUT2D eigenvalue weighted by Gasteiger charge is 2.13. The maximum atomic E-state index is 12.2. The van der Waals surface area contributed by atoms with Crippen molar-refractivity contribution >= 4 is 17.7 Å². The van der Waals surface area contributed by atoms with E-state index >= 15 is 0 Å². The predicted molar refractivity (Wildman–Crippen MR) is 59.4 cm³/mol. The molecule has 0 saturated carbocycles. The van der Waals surface area contributed by atoms with E-state index in [1.54, 1.807) is 30.4 Å². The number of rotatable bonds is 5. The summed E-state index contributed by atoms with van der Waals surface area (Å²) in [5, 5.41) is 0. The van der Waals surface area contributed by atoms with Crippen LogP contribution in [0.5, 0.6) is 11.5 Å². The molecule has 88 valence electrons. The van der Waals surface area contributed by atoms with Gasteiger partial charge >= 0.3 is 6.61 Å². The summed E-state index contributed by atoms with van der Waals surface area (Å²) in [6, 6.07) is 4.88. The largest absolute Gasteiger partial charge is 0.493 e. The van der Waals surface area contributed by atoms with E-state index in [2.05, 4.69) is 4.74 Å². The van der Waals surface area contributed by atoms with Crippen LogP contribution < -0.4 is 9.47 Å². The van der Waals surface area contributed by atoms with Crippen LogP contribution in [0, 0.1) is 0 Å². The fraction of sp³-hybridized carbons (Fsp3) is 0.273. The number of ether oxygens (including phenoxy) is 2. The molecular formula is C11H11ClF2O2. The summed E-state index contributed by atoms with van der Waals surface area (Å²) in [4.78, 5) is 0. The number of alkyl halides is 3. The van der Waals surface area contributed by atoms with Gasteiger partial charge in [0.15, 0.2) is 11.5 Å². The lowest BCUT2D eigenvalue weighted by molar-refractivity contribution is -0.0513. The van der Waals surface area contributed by atoms with E-state index in [0.717, 1.165) is 0 Å². The van der Waals surface area contributed by atoms with Gasteiger partial charge in [-0.3, -0.25) is 0 Å². The Morgan fingerprint density at radius 3 is 2.75 bits per heavy atom. The van der Waals surface area contributed by atoms with Gasteiger partial charge in [0.1, 0.15) is 0 Å². The molecule has 1 aromatic carbocycles. The van der Waals surface area contributed by atoms with E-state index in [1.807, 2.05) is 0 Å². The van der Waals surface area contributed by atoms with Gasteiger partial charge in [-0.25, -0.2) is 0 Å². The highest BCUT2D eigenvalue weighted by molar-refractivity contribution is 6.19. The molecule has 0 aliphatic rings. The number of methoxy groups -OCH3 is 1. The molecule has 2 nitrogen and oxygen atoms in total.